The largest absolute Gasteiger partial charge is 0.871 e. The molecule has 0 saturated carbocycles. The minimum absolute atomic E-state index is 0.01000. The summed E-state index contributed by atoms with van der Waals surface area (Å²) in [7, 11) is 0. The van der Waals surface area contributed by atoms with Crippen LogP contribution in [0.4, 0.5) is 11.4 Å². The number of rotatable bonds is 1. The van der Waals surface area contributed by atoms with E-state index in [0.29, 0.717) is 0 Å². The van der Waals surface area contributed by atoms with Crippen molar-refractivity contribution < 1.29 is 15.5 Å². The Kier molecular flexibility index (Phi) is 1.84. The molecule has 11 heavy (non-hydrogen) atoms. The molecule has 1 aromatic carbocycles. The molecule has 4 N–H and O–H groups in total. The van der Waals surface area contributed by atoms with Gasteiger partial charge in [-0.3, -0.25) is 10.4 Å². The van der Waals surface area contributed by atoms with E-state index in [0.717, 1.165) is 6.07 Å². The molecule has 0 atom stereocenters. The summed E-state index contributed by atoms with van der Waals surface area (Å²) in [6, 6.07) is 3.64. The highest BCUT2D eigenvalue weighted by Crippen LogP contribution is 2.22. The summed E-state index contributed by atoms with van der Waals surface area (Å²) in [5.41, 5.74) is 5.26. The number of anilines is 2. The van der Waals surface area contributed by atoms with Crippen molar-refractivity contribution in [1.82, 2.24) is 0 Å². The summed E-state index contributed by atoms with van der Waals surface area (Å²) in [4.78, 5) is 0. The Morgan fingerprint density at radius 2 is 2.00 bits per heavy atom. The van der Waals surface area contributed by atoms with Gasteiger partial charge in [-0.1, -0.05) is 5.75 Å². The van der Waals surface area contributed by atoms with Crippen LogP contribution in [-0.4, -0.2) is 10.4 Å². The Morgan fingerprint density at radius 3 is 2.45 bits per heavy atom. The molecule has 1 aromatic rings. The third-order valence-electron chi connectivity index (χ3n) is 1.23. The van der Waals surface area contributed by atoms with Gasteiger partial charge in [0.1, 0.15) is 0 Å². The SMILES string of the molecule is Nc1ccc(N(O)O)cc1[O-]. The van der Waals surface area contributed by atoms with Crippen LogP contribution in [0, 0.1) is 0 Å². The van der Waals surface area contributed by atoms with Gasteiger partial charge in [0.05, 0.1) is 5.69 Å². The van der Waals surface area contributed by atoms with E-state index in [4.69, 9.17) is 16.1 Å². The molecular formula is C6H7N2O3-. The van der Waals surface area contributed by atoms with Crippen molar-refractivity contribution in [3.8, 4) is 5.75 Å². The van der Waals surface area contributed by atoms with Crippen molar-refractivity contribution in [2.75, 3.05) is 11.0 Å². The lowest BCUT2D eigenvalue weighted by molar-refractivity contribution is -0.267. The molecule has 0 aliphatic rings. The quantitative estimate of drug-likeness (QED) is 0.390. The number of nitrogen functional groups attached to an aromatic ring is 1. The lowest BCUT2D eigenvalue weighted by Crippen LogP contribution is -2.11. The Morgan fingerprint density at radius 1 is 1.36 bits per heavy atom. The van der Waals surface area contributed by atoms with Crippen LogP contribution in [0.1, 0.15) is 0 Å². The third kappa shape index (κ3) is 1.51. The van der Waals surface area contributed by atoms with Gasteiger partial charge >= 0.3 is 0 Å². The van der Waals surface area contributed by atoms with Crippen LogP contribution >= 0.6 is 0 Å². The molecular weight excluding hydrogens is 148 g/mol. The second kappa shape index (κ2) is 2.65. The van der Waals surface area contributed by atoms with Gasteiger partial charge in [-0.2, -0.15) is 0 Å². The van der Waals surface area contributed by atoms with Gasteiger partial charge in [-0.15, -0.1) is 5.23 Å². The third-order valence-corrected chi connectivity index (χ3v) is 1.23. The molecule has 60 valence electrons. The molecule has 0 bridgehead atoms. The van der Waals surface area contributed by atoms with Gasteiger partial charge < -0.3 is 10.8 Å². The monoisotopic (exact) mass is 155 g/mol. The minimum atomic E-state index is -0.435. The predicted octanol–water partition coefficient (Wildman–Crippen LogP) is -0.0728. The summed E-state index contributed by atoms with van der Waals surface area (Å²) in [5.74, 6) is -0.435. The van der Waals surface area contributed by atoms with E-state index in [-0.39, 0.29) is 16.6 Å². The number of benzene rings is 1. The summed E-state index contributed by atoms with van der Waals surface area (Å²) >= 11 is 0. The highest BCUT2D eigenvalue weighted by Gasteiger charge is 1.97. The molecule has 5 nitrogen and oxygen atoms in total. The fraction of sp³-hybridized carbons (Fsp3) is 0. The maximum Gasteiger partial charge on any atom is 0.0938 e. The highest BCUT2D eigenvalue weighted by atomic mass is 16.8. The second-order valence-corrected chi connectivity index (χ2v) is 2.01. The molecule has 0 saturated heterocycles. The van der Waals surface area contributed by atoms with Crippen LogP contribution < -0.4 is 16.1 Å². The molecule has 0 heterocycles. The first-order valence-electron chi connectivity index (χ1n) is 2.85. The van der Waals surface area contributed by atoms with Crippen molar-refractivity contribution in [2.24, 2.45) is 0 Å². The lowest BCUT2D eigenvalue weighted by Gasteiger charge is -2.13. The van der Waals surface area contributed by atoms with Crippen LogP contribution in [0.15, 0.2) is 18.2 Å². The second-order valence-electron chi connectivity index (χ2n) is 2.01. The molecule has 0 radical (unpaired) electrons. The maximum absolute atomic E-state index is 10.8. The topological polar surface area (TPSA) is 92.8 Å². The van der Waals surface area contributed by atoms with Gasteiger partial charge in [-0.25, -0.2) is 0 Å². The van der Waals surface area contributed by atoms with Gasteiger partial charge in [0, 0.05) is 5.69 Å². The average Bonchev–Trinajstić information content (AvgIpc) is 1.94. The van der Waals surface area contributed by atoms with E-state index in [1.807, 2.05) is 0 Å². The van der Waals surface area contributed by atoms with E-state index < -0.39 is 5.75 Å². The van der Waals surface area contributed by atoms with Crippen LogP contribution in [0.3, 0.4) is 0 Å². The van der Waals surface area contributed by atoms with Crippen molar-refractivity contribution in [3.05, 3.63) is 18.2 Å². The standard InChI is InChI=1S/C6H8N2O3/c7-5-2-1-4(8(10)11)3-6(5)9/h1-3,9-11H,7H2/p-1. The summed E-state index contributed by atoms with van der Waals surface area (Å²) < 4.78 is 0. The molecule has 5 heteroatoms. The van der Waals surface area contributed by atoms with E-state index in [9.17, 15) is 5.11 Å². The molecule has 1 rings (SSSR count). The normalized spacial score (nSPS) is 9.64. The van der Waals surface area contributed by atoms with Crippen LogP contribution in [0.25, 0.3) is 0 Å². The Bertz CT molecular complexity index is 262. The van der Waals surface area contributed by atoms with E-state index >= 15 is 0 Å². The zero-order valence-corrected chi connectivity index (χ0v) is 5.56. The maximum atomic E-state index is 10.8. The number of nitrogens with two attached hydrogens (primary N) is 1. The van der Waals surface area contributed by atoms with Crippen LogP contribution in [-0.2, 0) is 0 Å². The Balaban J connectivity index is 3.05. The van der Waals surface area contributed by atoms with Gasteiger partial charge in [0.15, 0.2) is 0 Å². The summed E-state index contributed by atoms with van der Waals surface area (Å²) in [5, 5.41) is 27.5. The fourth-order valence-electron chi connectivity index (χ4n) is 0.647. The smallest absolute Gasteiger partial charge is 0.0938 e. The highest BCUT2D eigenvalue weighted by molar-refractivity contribution is 5.59. The molecule has 0 aliphatic heterocycles. The molecule has 0 aliphatic carbocycles. The van der Waals surface area contributed by atoms with Crippen molar-refractivity contribution >= 4 is 11.4 Å². The molecule has 0 aromatic heterocycles. The zero-order chi connectivity index (χ0) is 8.43. The van der Waals surface area contributed by atoms with Gasteiger partial charge in [0.25, 0.3) is 0 Å². The minimum Gasteiger partial charge on any atom is -0.871 e. The van der Waals surface area contributed by atoms with Crippen molar-refractivity contribution in [2.45, 2.75) is 0 Å². The van der Waals surface area contributed by atoms with Gasteiger partial charge in [-0.05, 0) is 18.2 Å². The fourth-order valence-corrected chi connectivity index (χ4v) is 0.647. The lowest BCUT2D eigenvalue weighted by atomic mass is 10.2. The number of nitrogens with zero attached hydrogens (tertiary/aromatic N) is 1. The first kappa shape index (κ1) is 7.64. The molecule has 0 unspecified atom stereocenters. The summed E-state index contributed by atoms with van der Waals surface area (Å²) in [6.07, 6.45) is 0. The van der Waals surface area contributed by atoms with Crippen LogP contribution in [0.2, 0.25) is 0 Å². The average molecular weight is 155 g/mol. The zero-order valence-electron chi connectivity index (χ0n) is 5.56. The number of hydrogen-bond donors (Lipinski definition) is 3. The number of hydrogen-bond acceptors (Lipinski definition) is 5. The van der Waals surface area contributed by atoms with E-state index in [2.05, 4.69) is 0 Å². The summed E-state index contributed by atoms with van der Waals surface area (Å²) in [6.45, 7) is 0. The van der Waals surface area contributed by atoms with E-state index in [1.54, 1.807) is 0 Å². The first-order chi connectivity index (χ1) is 5.11. The molecule has 0 fully saturated rings. The molecule has 0 amide bonds. The van der Waals surface area contributed by atoms with Crippen molar-refractivity contribution in [1.29, 1.82) is 0 Å². The Labute approximate surface area is 62.8 Å². The van der Waals surface area contributed by atoms with E-state index in [1.165, 1.54) is 12.1 Å². The van der Waals surface area contributed by atoms with Gasteiger partial charge in [0.2, 0.25) is 0 Å². The predicted molar refractivity (Wildman–Crippen MR) is 36.4 cm³/mol. The first-order valence-corrected chi connectivity index (χ1v) is 2.85. The Hall–Kier alpha value is -1.46. The molecule has 0 spiro atoms. The van der Waals surface area contributed by atoms with Crippen molar-refractivity contribution in [3.63, 3.8) is 0 Å². The van der Waals surface area contributed by atoms with Crippen LogP contribution in [0.5, 0.6) is 5.75 Å².